The van der Waals surface area contributed by atoms with Crippen molar-refractivity contribution in [2.75, 3.05) is 20.2 Å². The Balaban J connectivity index is 3.17. The maximum atomic E-state index is 12.6. The third-order valence-electron chi connectivity index (χ3n) is 2.92. The number of hydrogen-bond donors (Lipinski definition) is 0. The molecule has 0 aliphatic carbocycles. The van der Waals surface area contributed by atoms with Crippen LogP contribution in [0.25, 0.3) is 0 Å². The maximum absolute atomic E-state index is 12.6. The van der Waals surface area contributed by atoms with Crippen LogP contribution in [0.5, 0.6) is 5.75 Å². The fourth-order valence-electron chi connectivity index (χ4n) is 1.88. The molecule has 0 N–H and O–H groups in total. The Morgan fingerprint density at radius 3 is 2.37 bits per heavy atom. The van der Waals surface area contributed by atoms with Gasteiger partial charge in [-0.15, -0.1) is 0 Å². The van der Waals surface area contributed by atoms with Crippen LogP contribution in [0.15, 0.2) is 18.2 Å². The van der Waals surface area contributed by atoms with E-state index >= 15 is 0 Å². The largest absolute Gasteiger partial charge is 0.497 e. The molecule has 0 atom stereocenters. The van der Waals surface area contributed by atoms with Crippen LogP contribution in [0.3, 0.4) is 0 Å². The van der Waals surface area contributed by atoms with Gasteiger partial charge in [0.25, 0.3) is 5.91 Å². The van der Waals surface area contributed by atoms with Crippen LogP contribution in [0.1, 0.15) is 29.8 Å². The first-order valence-electron chi connectivity index (χ1n) is 6.18. The van der Waals surface area contributed by atoms with E-state index in [1.54, 1.807) is 17.0 Å². The number of nitrogens with zero attached hydrogens (tertiary/aromatic N) is 1. The topological polar surface area (TPSA) is 46.6 Å². The van der Waals surface area contributed by atoms with Gasteiger partial charge in [-0.3, -0.25) is 9.59 Å². The Kier molecular flexibility index (Phi) is 5.48. The van der Waals surface area contributed by atoms with E-state index in [1.807, 2.05) is 13.8 Å². The van der Waals surface area contributed by atoms with Crippen LogP contribution in [-0.2, 0) is 11.2 Å². The first kappa shape index (κ1) is 15.1. The predicted octanol–water partition coefficient (Wildman–Crippen LogP) is 2.22. The van der Waals surface area contributed by atoms with Gasteiger partial charge in [0.1, 0.15) is 5.75 Å². The molecule has 0 spiro atoms. The first-order chi connectivity index (χ1) is 9.03. The van der Waals surface area contributed by atoms with Crippen LogP contribution in [0.4, 0.5) is 4.39 Å². The van der Waals surface area contributed by atoms with Gasteiger partial charge in [0.2, 0.25) is 0 Å². The number of benzene rings is 1. The van der Waals surface area contributed by atoms with Gasteiger partial charge in [0, 0.05) is 18.7 Å². The van der Waals surface area contributed by atoms with Gasteiger partial charge in [-0.1, -0.05) is 0 Å². The van der Waals surface area contributed by atoms with Crippen molar-refractivity contribution in [3.63, 3.8) is 0 Å². The number of rotatable bonds is 6. The third kappa shape index (κ3) is 3.77. The number of carbonyl (C=O) groups is 2. The summed E-state index contributed by atoms with van der Waals surface area (Å²) in [5, 5.41) is 0. The summed E-state index contributed by atoms with van der Waals surface area (Å²) in [5.74, 6) is 0.288. The molecule has 0 saturated carbocycles. The third-order valence-corrected chi connectivity index (χ3v) is 2.92. The second-order valence-electron chi connectivity index (χ2n) is 4.03. The van der Waals surface area contributed by atoms with Gasteiger partial charge in [0.15, 0.2) is 0 Å². The highest BCUT2D eigenvalue weighted by Crippen LogP contribution is 2.20. The van der Waals surface area contributed by atoms with Gasteiger partial charge < -0.3 is 9.64 Å². The maximum Gasteiger partial charge on any atom is 0.305 e. The molecular weight excluding hydrogens is 249 g/mol. The fraction of sp³-hybridized carbons (Fsp3) is 0.429. The molecule has 19 heavy (non-hydrogen) atoms. The molecule has 0 aliphatic rings. The van der Waals surface area contributed by atoms with E-state index in [0.29, 0.717) is 30.0 Å². The molecule has 0 radical (unpaired) electrons. The van der Waals surface area contributed by atoms with E-state index < -0.39 is 12.5 Å². The lowest BCUT2D eigenvalue weighted by atomic mass is 10.0. The van der Waals surface area contributed by atoms with Crippen molar-refractivity contribution in [2.24, 2.45) is 0 Å². The lowest BCUT2D eigenvalue weighted by Gasteiger charge is -2.20. The summed E-state index contributed by atoms with van der Waals surface area (Å²) in [7, 11) is 1.47. The molecule has 0 bridgehead atoms. The fourth-order valence-corrected chi connectivity index (χ4v) is 1.88. The lowest BCUT2D eigenvalue weighted by Crippen LogP contribution is -2.31. The van der Waals surface area contributed by atoms with E-state index in [-0.39, 0.29) is 5.91 Å². The Bertz CT molecular complexity index is 470. The van der Waals surface area contributed by atoms with Crippen molar-refractivity contribution in [2.45, 2.75) is 20.3 Å². The Hall–Kier alpha value is -1.91. The van der Waals surface area contributed by atoms with Crippen molar-refractivity contribution >= 4 is 11.9 Å². The standard InChI is InChI=1S/C14H18FNO3/c1-4-16(5-2)14(18)12-7-6-11(19-3)8-10(12)9-13(15)17/h6-8H,4-5,9H2,1-3H3. The quantitative estimate of drug-likeness (QED) is 0.742. The zero-order valence-corrected chi connectivity index (χ0v) is 11.4. The van der Waals surface area contributed by atoms with Crippen molar-refractivity contribution in [3.8, 4) is 5.75 Å². The van der Waals surface area contributed by atoms with E-state index in [4.69, 9.17) is 4.74 Å². The molecule has 4 nitrogen and oxygen atoms in total. The van der Waals surface area contributed by atoms with Crippen LogP contribution in [0, 0.1) is 0 Å². The van der Waals surface area contributed by atoms with Gasteiger partial charge >= 0.3 is 6.04 Å². The molecule has 1 amide bonds. The average molecular weight is 267 g/mol. The highest BCUT2D eigenvalue weighted by molar-refractivity contribution is 5.97. The molecule has 0 saturated heterocycles. The number of carbonyl (C=O) groups excluding carboxylic acids is 2. The molecule has 0 aromatic heterocycles. The number of amides is 1. The van der Waals surface area contributed by atoms with E-state index in [0.717, 1.165) is 0 Å². The summed E-state index contributed by atoms with van der Waals surface area (Å²) < 4.78 is 17.7. The minimum atomic E-state index is -1.47. The molecule has 0 aliphatic heterocycles. The second kappa shape index (κ2) is 6.87. The van der Waals surface area contributed by atoms with Crippen LogP contribution in [0.2, 0.25) is 0 Å². The van der Waals surface area contributed by atoms with Crippen molar-refractivity contribution in [3.05, 3.63) is 29.3 Å². The zero-order chi connectivity index (χ0) is 14.4. The minimum absolute atomic E-state index is 0.205. The van der Waals surface area contributed by atoms with Gasteiger partial charge in [-0.2, -0.15) is 4.39 Å². The minimum Gasteiger partial charge on any atom is -0.497 e. The number of hydrogen-bond acceptors (Lipinski definition) is 3. The molecule has 1 aromatic rings. The molecular formula is C14H18FNO3. The second-order valence-corrected chi connectivity index (χ2v) is 4.03. The predicted molar refractivity (Wildman–Crippen MR) is 70.1 cm³/mol. The molecule has 1 rings (SSSR count). The van der Waals surface area contributed by atoms with Crippen LogP contribution < -0.4 is 4.74 Å². The van der Waals surface area contributed by atoms with Crippen molar-refractivity contribution in [1.82, 2.24) is 4.90 Å². The van der Waals surface area contributed by atoms with Crippen molar-refractivity contribution in [1.29, 1.82) is 0 Å². The average Bonchev–Trinajstić information content (AvgIpc) is 2.39. The highest BCUT2D eigenvalue weighted by atomic mass is 19.1. The number of methoxy groups -OCH3 is 1. The van der Waals surface area contributed by atoms with E-state index in [9.17, 15) is 14.0 Å². The molecule has 0 heterocycles. The molecule has 1 aromatic carbocycles. The monoisotopic (exact) mass is 267 g/mol. The molecule has 5 heteroatoms. The number of halogens is 1. The Labute approximate surface area is 112 Å². The van der Waals surface area contributed by atoms with Gasteiger partial charge in [-0.25, -0.2) is 0 Å². The summed E-state index contributed by atoms with van der Waals surface area (Å²) in [6.45, 7) is 4.85. The molecule has 0 unspecified atom stereocenters. The van der Waals surface area contributed by atoms with Gasteiger partial charge in [0.05, 0.1) is 13.5 Å². The summed E-state index contributed by atoms with van der Waals surface area (Å²) >= 11 is 0. The first-order valence-corrected chi connectivity index (χ1v) is 6.18. The highest BCUT2D eigenvalue weighted by Gasteiger charge is 2.18. The Morgan fingerprint density at radius 2 is 1.89 bits per heavy atom. The van der Waals surface area contributed by atoms with Gasteiger partial charge in [-0.05, 0) is 37.6 Å². The van der Waals surface area contributed by atoms with Crippen LogP contribution in [-0.4, -0.2) is 37.0 Å². The zero-order valence-electron chi connectivity index (χ0n) is 11.4. The summed E-state index contributed by atoms with van der Waals surface area (Å²) in [5.41, 5.74) is 0.694. The summed E-state index contributed by atoms with van der Waals surface area (Å²) in [4.78, 5) is 24.5. The normalized spacial score (nSPS) is 10.1. The molecule has 0 fully saturated rings. The Morgan fingerprint density at radius 1 is 1.26 bits per heavy atom. The lowest BCUT2D eigenvalue weighted by molar-refractivity contribution is -0.128. The van der Waals surface area contributed by atoms with E-state index in [1.165, 1.54) is 13.2 Å². The van der Waals surface area contributed by atoms with Crippen LogP contribution >= 0.6 is 0 Å². The summed E-state index contributed by atoms with van der Waals surface area (Å²) in [6.07, 6.45) is -0.417. The van der Waals surface area contributed by atoms with Crippen molar-refractivity contribution < 1.29 is 18.7 Å². The molecule has 104 valence electrons. The SMILES string of the molecule is CCN(CC)C(=O)c1ccc(OC)cc1CC(=O)F. The smallest absolute Gasteiger partial charge is 0.305 e. The summed E-state index contributed by atoms with van der Waals surface area (Å²) in [6, 6.07) is 3.25. The number of ether oxygens (including phenoxy) is 1. The van der Waals surface area contributed by atoms with E-state index in [2.05, 4.69) is 0 Å².